The van der Waals surface area contributed by atoms with Gasteiger partial charge in [0.15, 0.2) is 0 Å². The van der Waals surface area contributed by atoms with Crippen LogP contribution >= 0.6 is 43.5 Å². The highest BCUT2D eigenvalue weighted by molar-refractivity contribution is 9.28. The van der Waals surface area contributed by atoms with E-state index in [9.17, 15) is 0 Å². The van der Waals surface area contributed by atoms with Gasteiger partial charge < -0.3 is 0 Å². The van der Waals surface area contributed by atoms with Crippen LogP contribution in [0.4, 0.5) is 0 Å². The molecule has 0 bridgehead atoms. The van der Waals surface area contributed by atoms with Crippen LogP contribution in [0, 0.1) is 17.3 Å². The van der Waals surface area contributed by atoms with Gasteiger partial charge >= 0.3 is 0 Å². The summed E-state index contributed by atoms with van der Waals surface area (Å²) >= 11 is 12.8. The first-order chi connectivity index (χ1) is 9.30. The SMILES string of the molecule is C=C(Cl)Cc1ccc(C[C@@H]2[C@H](C=C(Br)Br)C2(C)C)cc1. The highest BCUT2D eigenvalue weighted by Gasteiger charge is 2.55. The Morgan fingerprint density at radius 1 is 1.25 bits per heavy atom. The third-order valence-corrected chi connectivity index (χ3v) is 4.98. The van der Waals surface area contributed by atoms with Crippen molar-refractivity contribution < 1.29 is 0 Å². The first-order valence-corrected chi connectivity index (χ1v) is 8.71. The van der Waals surface area contributed by atoms with Gasteiger partial charge in [-0.25, -0.2) is 0 Å². The predicted molar refractivity (Wildman–Crippen MR) is 95.5 cm³/mol. The van der Waals surface area contributed by atoms with Crippen molar-refractivity contribution in [2.24, 2.45) is 17.3 Å². The summed E-state index contributed by atoms with van der Waals surface area (Å²) in [5, 5.41) is 0.688. The van der Waals surface area contributed by atoms with Crippen LogP contribution in [0.25, 0.3) is 0 Å². The summed E-state index contributed by atoms with van der Waals surface area (Å²) in [6.07, 6.45) is 4.15. The molecule has 3 heteroatoms. The Bertz CT molecular complexity index is 524. The van der Waals surface area contributed by atoms with E-state index in [2.05, 4.69) is 82.6 Å². The van der Waals surface area contributed by atoms with E-state index in [0.717, 1.165) is 16.2 Å². The van der Waals surface area contributed by atoms with Gasteiger partial charge in [0.05, 0.1) is 3.39 Å². The molecule has 0 aliphatic heterocycles. The normalized spacial score (nSPS) is 23.2. The second-order valence-electron chi connectivity index (χ2n) is 6.12. The molecule has 20 heavy (non-hydrogen) atoms. The zero-order valence-electron chi connectivity index (χ0n) is 11.8. The van der Waals surface area contributed by atoms with Crippen molar-refractivity contribution in [3.05, 3.63) is 56.5 Å². The summed E-state index contributed by atoms with van der Waals surface area (Å²) < 4.78 is 1.06. The second kappa shape index (κ2) is 6.37. The van der Waals surface area contributed by atoms with Crippen LogP contribution in [0.5, 0.6) is 0 Å². The molecule has 108 valence electrons. The van der Waals surface area contributed by atoms with Crippen LogP contribution in [0.1, 0.15) is 25.0 Å². The topological polar surface area (TPSA) is 0 Å². The van der Waals surface area contributed by atoms with Gasteiger partial charge in [-0.15, -0.1) is 0 Å². The van der Waals surface area contributed by atoms with Crippen LogP contribution in [0.3, 0.4) is 0 Å². The maximum atomic E-state index is 5.84. The Balaban J connectivity index is 2.01. The van der Waals surface area contributed by atoms with E-state index in [-0.39, 0.29) is 0 Å². The standard InChI is InChI=1S/C17H19Br2Cl/c1-11(20)8-12-4-6-13(7-5-12)9-14-15(10-16(18)19)17(14,2)3/h4-7,10,14-15H,1,8-9H2,2-3H3/t14-,15+/m1/s1. The summed E-state index contributed by atoms with van der Waals surface area (Å²) in [5.74, 6) is 1.35. The van der Waals surface area contributed by atoms with Gasteiger partial charge in [0, 0.05) is 11.5 Å². The third kappa shape index (κ3) is 3.99. The summed E-state index contributed by atoms with van der Waals surface area (Å²) in [7, 11) is 0. The Kier molecular flexibility index (Phi) is 5.20. The molecule has 1 saturated carbocycles. The van der Waals surface area contributed by atoms with E-state index < -0.39 is 0 Å². The fourth-order valence-corrected chi connectivity index (χ4v) is 3.64. The van der Waals surface area contributed by atoms with Crippen molar-refractivity contribution in [1.82, 2.24) is 0 Å². The average Bonchev–Trinajstić information content (AvgIpc) is 2.82. The molecular formula is C17H19Br2Cl. The zero-order valence-corrected chi connectivity index (χ0v) is 15.7. The number of hydrogen-bond donors (Lipinski definition) is 0. The molecule has 0 saturated heterocycles. The van der Waals surface area contributed by atoms with Gasteiger partial charge in [0.1, 0.15) is 0 Å². The molecular weight excluding hydrogens is 399 g/mol. The lowest BCUT2D eigenvalue weighted by atomic mass is 10.0. The lowest BCUT2D eigenvalue weighted by molar-refractivity contribution is 0.549. The summed E-state index contributed by atoms with van der Waals surface area (Å²) in [6.45, 7) is 8.42. The quantitative estimate of drug-likeness (QED) is 0.517. The van der Waals surface area contributed by atoms with Gasteiger partial charge in [-0.05, 0) is 66.7 Å². The van der Waals surface area contributed by atoms with Crippen LogP contribution in [-0.4, -0.2) is 0 Å². The number of halogens is 3. The molecule has 0 amide bonds. The lowest BCUT2D eigenvalue weighted by Gasteiger charge is -2.05. The molecule has 0 N–H and O–H groups in total. The summed E-state index contributed by atoms with van der Waals surface area (Å²) in [4.78, 5) is 0. The minimum Gasteiger partial charge on any atom is -0.0894 e. The van der Waals surface area contributed by atoms with Crippen LogP contribution in [0.15, 0.2) is 45.3 Å². The van der Waals surface area contributed by atoms with E-state index in [1.165, 1.54) is 11.1 Å². The van der Waals surface area contributed by atoms with Gasteiger partial charge in [0.25, 0.3) is 0 Å². The number of hydrogen-bond acceptors (Lipinski definition) is 0. The molecule has 1 aliphatic carbocycles. The van der Waals surface area contributed by atoms with Crippen molar-refractivity contribution in [2.45, 2.75) is 26.7 Å². The molecule has 1 fully saturated rings. The Morgan fingerprint density at radius 2 is 1.80 bits per heavy atom. The molecule has 0 spiro atoms. The molecule has 0 radical (unpaired) electrons. The minimum atomic E-state index is 0.385. The van der Waals surface area contributed by atoms with Crippen LogP contribution < -0.4 is 0 Å². The zero-order chi connectivity index (χ0) is 14.9. The molecule has 1 aromatic carbocycles. The maximum absolute atomic E-state index is 5.84. The molecule has 2 atom stereocenters. The van der Waals surface area contributed by atoms with Crippen molar-refractivity contribution in [2.75, 3.05) is 0 Å². The highest BCUT2D eigenvalue weighted by atomic mass is 79.9. The Labute approximate surface area is 143 Å². The van der Waals surface area contributed by atoms with Crippen molar-refractivity contribution in [1.29, 1.82) is 0 Å². The summed E-state index contributed by atoms with van der Waals surface area (Å²) in [6, 6.07) is 8.74. The van der Waals surface area contributed by atoms with Crippen LogP contribution in [-0.2, 0) is 12.8 Å². The minimum absolute atomic E-state index is 0.385. The van der Waals surface area contributed by atoms with Gasteiger partial charge in [-0.1, -0.05) is 62.4 Å². The first-order valence-electron chi connectivity index (χ1n) is 6.74. The molecule has 1 aliphatic rings. The smallest absolute Gasteiger partial charge is 0.0567 e. The summed E-state index contributed by atoms with van der Waals surface area (Å²) in [5.41, 5.74) is 3.01. The number of benzene rings is 1. The predicted octanol–water partition coefficient (Wildman–Crippen LogP) is 6.43. The highest BCUT2D eigenvalue weighted by Crippen LogP contribution is 2.61. The molecule has 1 aromatic rings. The van der Waals surface area contributed by atoms with Crippen molar-refractivity contribution in [3.8, 4) is 0 Å². The van der Waals surface area contributed by atoms with E-state index in [1.54, 1.807) is 0 Å². The van der Waals surface area contributed by atoms with E-state index in [0.29, 0.717) is 22.3 Å². The van der Waals surface area contributed by atoms with E-state index >= 15 is 0 Å². The van der Waals surface area contributed by atoms with Crippen LogP contribution in [0.2, 0.25) is 0 Å². The Morgan fingerprint density at radius 3 is 2.30 bits per heavy atom. The molecule has 0 aromatic heterocycles. The second-order valence-corrected chi connectivity index (χ2v) is 9.43. The first kappa shape index (κ1) is 16.3. The fraction of sp³-hybridized carbons (Fsp3) is 0.412. The van der Waals surface area contributed by atoms with Gasteiger partial charge in [-0.3, -0.25) is 0 Å². The third-order valence-electron chi connectivity index (χ3n) is 4.32. The largest absolute Gasteiger partial charge is 0.0894 e. The molecule has 0 heterocycles. The number of allylic oxidation sites excluding steroid dienone is 2. The van der Waals surface area contributed by atoms with E-state index in [4.69, 9.17) is 11.6 Å². The fourth-order valence-electron chi connectivity index (χ4n) is 2.91. The monoisotopic (exact) mass is 416 g/mol. The van der Waals surface area contributed by atoms with Crippen molar-refractivity contribution >= 4 is 43.5 Å². The van der Waals surface area contributed by atoms with Gasteiger partial charge in [-0.2, -0.15) is 0 Å². The van der Waals surface area contributed by atoms with E-state index in [1.807, 2.05) is 0 Å². The Hall–Kier alpha value is -0.0500. The van der Waals surface area contributed by atoms with Crippen molar-refractivity contribution in [3.63, 3.8) is 0 Å². The molecule has 2 rings (SSSR count). The maximum Gasteiger partial charge on any atom is 0.0567 e. The number of rotatable bonds is 5. The average molecular weight is 419 g/mol. The van der Waals surface area contributed by atoms with Gasteiger partial charge in [0.2, 0.25) is 0 Å². The molecule has 0 unspecified atom stereocenters. The lowest BCUT2D eigenvalue weighted by Crippen LogP contribution is -1.95. The molecule has 0 nitrogen and oxygen atoms in total.